The van der Waals surface area contributed by atoms with Gasteiger partial charge in [-0.1, -0.05) is 32.8 Å². The molecule has 0 aliphatic carbocycles. The summed E-state index contributed by atoms with van der Waals surface area (Å²) in [5.74, 6) is -2.46. The second-order valence-corrected chi connectivity index (χ2v) is 10.4. The number of fused-ring (bicyclic) bond motifs is 1. The Morgan fingerprint density at radius 3 is 2.33 bits per heavy atom. The van der Waals surface area contributed by atoms with E-state index < -0.39 is 46.5 Å². The number of carbonyl (C=O) groups excluding carboxylic acids is 2. The molecule has 2 heterocycles. The fraction of sp³-hybridized carbons (Fsp3) is 0.433. The van der Waals surface area contributed by atoms with Crippen molar-refractivity contribution in [1.29, 1.82) is 0 Å². The van der Waals surface area contributed by atoms with Gasteiger partial charge in [-0.15, -0.1) is 0 Å². The van der Waals surface area contributed by atoms with Gasteiger partial charge in [-0.25, -0.2) is 18.4 Å². The number of imide groups is 1. The topological polar surface area (TPSA) is 88.8 Å². The van der Waals surface area contributed by atoms with Gasteiger partial charge in [0.2, 0.25) is 0 Å². The highest BCUT2D eigenvalue weighted by Crippen LogP contribution is 2.40. The largest absolute Gasteiger partial charge is 0.493 e. The van der Waals surface area contributed by atoms with Crippen LogP contribution in [0.15, 0.2) is 39.5 Å². The van der Waals surface area contributed by atoms with Crippen LogP contribution in [0.25, 0.3) is 11.0 Å². The number of nitrogens with one attached hydrogen (secondary N) is 1. The van der Waals surface area contributed by atoms with Crippen LogP contribution in [0.2, 0.25) is 0 Å². The van der Waals surface area contributed by atoms with E-state index in [0.717, 1.165) is 17.0 Å². The van der Waals surface area contributed by atoms with Gasteiger partial charge in [0, 0.05) is 23.6 Å². The molecule has 1 fully saturated rings. The lowest BCUT2D eigenvalue weighted by molar-refractivity contribution is -0.136. The Morgan fingerprint density at radius 2 is 1.69 bits per heavy atom. The third-order valence-electron chi connectivity index (χ3n) is 7.28. The zero-order valence-corrected chi connectivity index (χ0v) is 23.4. The molecular weight excluding hydrogens is 563 g/mol. The van der Waals surface area contributed by atoms with Crippen LogP contribution in [0.1, 0.15) is 68.7 Å². The molecule has 3 aromatic rings. The molecule has 2 aromatic carbocycles. The number of unbranched alkanes of at least 4 members (excludes halogenated alkanes) is 1. The fourth-order valence-corrected chi connectivity index (χ4v) is 5.20. The minimum Gasteiger partial charge on any atom is -0.493 e. The molecule has 0 radical (unpaired) electrons. The number of amides is 3. The van der Waals surface area contributed by atoms with Crippen LogP contribution in [0.4, 0.5) is 26.7 Å². The first-order valence-electron chi connectivity index (χ1n) is 13.7. The third-order valence-corrected chi connectivity index (χ3v) is 7.28. The summed E-state index contributed by atoms with van der Waals surface area (Å²) >= 11 is 0. The van der Waals surface area contributed by atoms with Crippen LogP contribution in [0, 0.1) is 11.6 Å². The lowest BCUT2D eigenvalue weighted by Gasteiger charge is -2.22. The third kappa shape index (κ3) is 5.98. The number of hydrogen-bond donors (Lipinski definition) is 1. The van der Waals surface area contributed by atoms with Gasteiger partial charge in [0.15, 0.2) is 11.6 Å². The number of halogens is 5. The predicted molar refractivity (Wildman–Crippen MR) is 144 cm³/mol. The van der Waals surface area contributed by atoms with Crippen LogP contribution in [0.3, 0.4) is 0 Å². The molecule has 1 saturated heterocycles. The molecule has 1 aromatic heterocycles. The first kappa shape index (κ1) is 31.0. The molecule has 1 aliphatic rings. The lowest BCUT2D eigenvalue weighted by atomic mass is 9.92. The highest BCUT2D eigenvalue weighted by Gasteiger charge is 2.49. The van der Waals surface area contributed by atoms with Crippen LogP contribution < -0.4 is 15.7 Å². The van der Waals surface area contributed by atoms with Gasteiger partial charge < -0.3 is 14.5 Å². The van der Waals surface area contributed by atoms with Crippen LogP contribution in [-0.4, -0.2) is 30.0 Å². The van der Waals surface area contributed by atoms with E-state index in [1.54, 1.807) is 0 Å². The van der Waals surface area contributed by atoms with Gasteiger partial charge in [0.05, 0.1) is 12.2 Å². The van der Waals surface area contributed by atoms with Crippen molar-refractivity contribution in [3.05, 3.63) is 74.6 Å². The van der Waals surface area contributed by atoms with Crippen molar-refractivity contribution in [2.75, 3.05) is 13.2 Å². The van der Waals surface area contributed by atoms with E-state index in [1.807, 2.05) is 13.8 Å². The molecule has 0 saturated carbocycles. The molecule has 7 nitrogen and oxygen atoms in total. The van der Waals surface area contributed by atoms with Crippen molar-refractivity contribution in [3.8, 4) is 5.75 Å². The zero-order chi connectivity index (χ0) is 30.8. The predicted octanol–water partition coefficient (Wildman–Crippen LogP) is 6.62. The number of urea groups is 1. The molecule has 3 amide bonds. The van der Waals surface area contributed by atoms with Crippen molar-refractivity contribution >= 4 is 22.9 Å². The molecule has 42 heavy (non-hydrogen) atoms. The molecule has 4 rings (SSSR count). The highest BCUT2D eigenvalue weighted by molar-refractivity contribution is 6.07. The quantitative estimate of drug-likeness (QED) is 0.117. The van der Waals surface area contributed by atoms with Gasteiger partial charge in [-0.2, -0.15) is 13.2 Å². The molecular formula is C30H31F5N2O5. The van der Waals surface area contributed by atoms with E-state index in [-0.39, 0.29) is 29.7 Å². The number of benzene rings is 2. The van der Waals surface area contributed by atoms with E-state index in [9.17, 15) is 36.3 Å². The van der Waals surface area contributed by atoms with E-state index >= 15 is 0 Å². The number of rotatable bonds is 11. The Kier molecular flexibility index (Phi) is 8.93. The SMILES string of the molecule is CCCc1cc2c(C(F)(F)F)cc(=O)oc2c(CCC)c1OCCCCN1C(=O)NC(C)(c2ccc(F)c(F)c2)C1=O. The summed E-state index contributed by atoms with van der Waals surface area (Å²) in [5.41, 5.74) is -2.82. The van der Waals surface area contributed by atoms with E-state index in [1.165, 1.54) is 19.1 Å². The van der Waals surface area contributed by atoms with Crippen molar-refractivity contribution in [1.82, 2.24) is 10.2 Å². The normalized spacial score (nSPS) is 17.3. The number of alkyl halides is 3. The van der Waals surface area contributed by atoms with E-state index in [4.69, 9.17) is 9.15 Å². The monoisotopic (exact) mass is 594 g/mol. The Bertz CT molecular complexity index is 1570. The van der Waals surface area contributed by atoms with Gasteiger partial charge in [-0.05, 0) is 61.9 Å². The summed E-state index contributed by atoms with van der Waals surface area (Å²) in [6.45, 7) is 5.29. The number of hydrogen-bond acceptors (Lipinski definition) is 5. The molecule has 12 heteroatoms. The van der Waals surface area contributed by atoms with E-state index in [0.29, 0.717) is 61.5 Å². The van der Waals surface area contributed by atoms with Gasteiger partial charge >= 0.3 is 17.8 Å². The van der Waals surface area contributed by atoms with Crippen LogP contribution >= 0.6 is 0 Å². The van der Waals surface area contributed by atoms with Crippen molar-refractivity contribution in [2.24, 2.45) is 0 Å². The second-order valence-electron chi connectivity index (χ2n) is 10.4. The summed E-state index contributed by atoms with van der Waals surface area (Å²) in [6.07, 6.45) is -2.09. The summed E-state index contributed by atoms with van der Waals surface area (Å²) in [6, 6.07) is 4.15. The maximum atomic E-state index is 13.8. The molecule has 1 atom stereocenters. The Balaban J connectivity index is 1.51. The molecule has 0 bridgehead atoms. The van der Waals surface area contributed by atoms with Gasteiger partial charge in [-0.3, -0.25) is 9.69 Å². The van der Waals surface area contributed by atoms with Gasteiger partial charge in [0.1, 0.15) is 16.9 Å². The molecule has 1 unspecified atom stereocenters. The zero-order valence-electron chi connectivity index (χ0n) is 23.4. The summed E-state index contributed by atoms with van der Waals surface area (Å²) < 4.78 is 79.9. The molecule has 1 N–H and O–H groups in total. The maximum absolute atomic E-state index is 13.8. The van der Waals surface area contributed by atoms with Crippen LogP contribution in [-0.2, 0) is 29.4 Å². The number of ether oxygens (including phenoxy) is 1. The number of nitrogens with zero attached hydrogens (tertiary/aromatic N) is 1. The summed E-state index contributed by atoms with van der Waals surface area (Å²) in [7, 11) is 0. The minimum atomic E-state index is -4.75. The van der Waals surface area contributed by atoms with Crippen molar-refractivity contribution in [3.63, 3.8) is 0 Å². The average molecular weight is 595 g/mol. The van der Waals surface area contributed by atoms with Crippen molar-refractivity contribution < 1.29 is 40.7 Å². The second kappa shape index (κ2) is 12.1. The van der Waals surface area contributed by atoms with Gasteiger partial charge in [0.25, 0.3) is 5.91 Å². The molecule has 1 aliphatic heterocycles. The molecule has 0 spiro atoms. The lowest BCUT2D eigenvalue weighted by Crippen LogP contribution is -2.41. The number of aryl methyl sites for hydroxylation is 2. The first-order valence-corrected chi connectivity index (χ1v) is 13.7. The first-order chi connectivity index (χ1) is 19.8. The smallest absolute Gasteiger partial charge is 0.417 e. The Morgan fingerprint density at radius 1 is 0.976 bits per heavy atom. The average Bonchev–Trinajstić information content (AvgIpc) is 3.14. The maximum Gasteiger partial charge on any atom is 0.417 e. The standard InChI is InChI=1S/C30H31F5N2O5/c1-4-8-17-14-20-21(30(33,34)35)16-24(38)42-26(20)19(9-5-2)25(17)41-13-7-6-12-37-27(39)29(3,36-28(37)40)18-10-11-22(31)23(32)15-18/h10-11,14-16H,4-9,12-13H2,1-3H3,(H,36,40). The van der Waals surface area contributed by atoms with Crippen molar-refractivity contribution in [2.45, 2.75) is 71.0 Å². The Hall–Kier alpha value is -3.96. The summed E-state index contributed by atoms with van der Waals surface area (Å²) in [4.78, 5) is 38.7. The Labute approximate surface area is 238 Å². The molecule has 226 valence electrons. The van der Waals surface area contributed by atoms with Crippen LogP contribution in [0.5, 0.6) is 5.75 Å². The fourth-order valence-electron chi connectivity index (χ4n) is 5.20. The minimum absolute atomic E-state index is 0.0263. The number of carbonyl (C=O) groups is 2. The van der Waals surface area contributed by atoms with E-state index in [2.05, 4.69) is 5.32 Å². The summed E-state index contributed by atoms with van der Waals surface area (Å²) in [5, 5.41) is 2.35. The highest BCUT2D eigenvalue weighted by atomic mass is 19.4.